The van der Waals surface area contributed by atoms with Crippen molar-refractivity contribution in [2.45, 2.75) is 24.6 Å². The van der Waals surface area contributed by atoms with E-state index in [1.165, 1.54) is 10.9 Å². The standard InChI is InChI=1S/C20H24N8O3S/c1-31-16-7-3-6-15-17(16)23-20(21)28-19(15)24-18(25-28)13-5-4-8-26(10-13)14-9-22-27(11-14)12-32(2,29)30/h3,6-7,9,11,13H,4-5,8,10,12H2,1-2H3,(H2,21,23). The van der Waals surface area contributed by atoms with Crippen LogP contribution in [0.25, 0.3) is 16.6 Å². The summed E-state index contributed by atoms with van der Waals surface area (Å²) in [5.74, 6) is 1.56. The third kappa shape index (κ3) is 3.70. The Hall–Kier alpha value is -3.41. The molecule has 5 rings (SSSR count). The van der Waals surface area contributed by atoms with Crippen molar-refractivity contribution in [2.75, 3.05) is 37.1 Å². The Morgan fingerprint density at radius 2 is 2.12 bits per heavy atom. The number of para-hydroxylation sites is 1. The molecule has 4 heterocycles. The van der Waals surface area contributed by atoms with E-state index < -0.39 is 9.84 Å². The van der Waals surface area contributed by atoms with Crippen LogP contribution >= 0.6 is 0 Å². The Bertz CT molecular complexity index is 1410. The molecule has 168 valence electrons. The van der Waals surface area contributed by atoms with Crippen molar-refractivity contribution in [1.82, 2.24) is 29.4 Å². The van der Waals surface area contributed by atoms with Gasteiger partial charge in [-0.05, 0) is 25.0 Å². The maximum absolute atomic E-state index is 11.6. The van der Waals surface area contributed by atoms with E-state index in [0.29, 0.717) is 29.3 Å². The van der Waals surface area contributed by atoms with Crippen LogP contribution in [0.2, 0.25) is 0 Å². The van der Waals surface area contributed by atoms with Crippen molar-refractivity contribution in [3.05, 3.63) is 36.4 Å². The van der Waals surface area contributed by atoms with Crippen LogP contribution < -0.4 is 15.4 Å². The van der Waals surface area contributed by atoms with Crippen LogP contribution in [0.5, 0.6) is 5.75 Å². The van der Waals surface area contributed by atoms with Crippen LogP contribution in [-0.2, 0) is 15.7 Å². The van der Waals surface area contributed by atoms with Crippen molar-refractivity contribution in [3.8, 4) is 5.75 Å². The first kappa shape index (κ1) is 20.5. The molecule has 0 spiro atoms. The van der Waals surface area contributed by atoms with Gasteiger partial charge >= 0.3 is 0 Å². The zero-order valence-corrected chi connectivity index (χ0v) is 18.7. The molecule has 1 aliphatic rings. The van der Waals surface area contributed by atoms with Crippen LogP contribution in [0.15, 0.2) is 30.6 Å². The smallest absolute Gasteiger partial charge is 0.223 e. The highest BCUT2D eigenvalue weighted by atomic mass is 32.2. The molecule has 12 heteroatoms. The summed E-state index contributed by atoms with van der Waals surface area (Å²) >= 11 is 0. The average Bonchev–Trinajstić information content (AvgIpc) is 3.40. The van der Waals surface area contributed by atoms with E-state index >= 15 is 0 Å². The lowest BCUT2D eigenvalue weighted by Gasteiger charge is -2.32. The first-order chi connectivity index (χ1) is 15.3. The molecule has 0 saturated carbocycles. The molecule has 1 saturated heterocycles. The Balaban J connectivity index is 1.46. The summed E-state index contributed by atoms with van der Waals surface area (Å²) in [6.07, 6.45) is 6.56. The van der Waals surface area contributed by atoms with Crippen molar-refractivity contribution in [1.29, 1.82) is 0 Å². The fourth-order valence-corrected chi connectivity index (χ4v) is 4.85. The molecule has 2 N–H and O–H groups in total. The summed E-state index contributed by atoms with van der Waals surface area (Å²) < 4.78 is 31.6. The Morgan fingerprint density at radius 3 is 2.91 bits per heavy atom. The summed E-state index contributed by atoms with van der Waals surface area (Å²) in [6.45, 7) is 1.56. The van der Waals surface area contributed by atoms with E-state index in [0.717, 1.165) is 30.5 Å². The zero-order chi connectivity index (χ0) is 22.5. The molecule has 1 aromatic carbocycles. The van der Waals surface area contributed by atoms with Gasteiger partial charge < -0.3 is 15.4 Å². The number of ether oxygens (including phenoxy) is 1. The summed E-state index contributed by atoms with van der Waals surface area (Å²) in [5, 5.41) is 9.69. The van der Waals surface area contributed by atoms with Gasteiger partial charge in [0.1, 0.15) is 17.1 Å². The van der Waals surface area contributed by atoms with E-state index in [-0.39, 0.29) is 17.7 Å². The minimum absolute atomic E-state index is 0.0990. The fraction of sp³-hybridized carbons (Fsp3) is 0.400. The van der Waals surface area contributed by atoms with E-state index in [4.69, 9.17) is 15.5 Å². The van der Waals surface area contributed by atoms with Gasteiger partial charge in [0.05, 0.1) is 19.0 Å². The topological polar surface area (TPSA) is 134 Å². The maximum Gasteiger partial charge on any atom is 0.223 e. The number of nitrogens with two attached hydrogens (primary N) is 1. The lowest BCUT2D eigenvalue weighted by atomic mass is 9.97. The molecule has 3 aromatic heterocycles. The van der Waals surface area contributed by atoms with Gasteiger partial charge in [-0.15, -0.1) is 5.10 Å². The normalized spacial score (nSPS) is 17.3. The predicted molar refractivity (Wildman–Crippen MR) is 121 cm³/mol. The van der Waals surface area contributed by atoms with Crippen LogP contribution in [0.1, 0.15) is 24.6 Å². The minimum Gasteiger partial charge on any atom is -0.494 e. The third-order valence-electron chi connectivity index (χ3n) is 5.66. The Kier molecular flexibility index (Phi) is 4.88. The van der Waals surface area contributed by atoms with Gasteiger partial charge in [0.25, 0.3) is 0 Å². The molecule has 1 aliphatic heterocycles. The van der Waals surface area contributed by atoms with Crippen molar-refractivity contribution in [3.63, 3.8) is 0 Å². The largest absolute Gasteiger partial charge is 0.494 e. The molecule has 0 aliphatic carbocycles. The minimum atomic E-state index is -3.16. The van der Waals surface area contributed by atoms with Gasteiger partial charge in [0, 0.05) is 36.8 Å². The number of sulfone groups is 1. The lowest BCUT2D eigenvalue weighted by Crippen LogP contribution is -2.34. The molecular formula is C20H24N8O3S. The van der Waals surface area contributed by atoms with Gasteiger partial charge in [0.15, 0.2) is 21.3 Å². The second-order valence-electron chi connectivity index (χ2n) is 8.11. The van der Waals surface area contributed by atoms with E-state index in [9.17, 15) is 8.42 Å². The molecule has 11 nitrogen and oxygen atoms in total. The van der Waals surface area contributed by atoms with Crippen molar-refractivity contribution < 1.29 is 13.2 Å². The highest BCUT2D eigenvalue weighted by Gasteiger charge is 2.27. The number of nitrogens with zero attached hydrogens (tertiary/aromatic N) is 7. The van der Waals surface area contributed by atoms with Gasteiger partial charge in [-0.3, -0.25) is 4.68 Å². The molecule has 0 bridgehead atoms. The highest BCUT2D eigenvalue weighted by molar-refractivity contribution is 7.89. The van der Waals surface area contributed by atoms with Crippen LogP contribution in [0.4, 0.5) is 11.6 Å². The van der Waals surface area contributed by atoms with Crippen LogP contribution in [0.3, 0.4) is 0 Å². The predicted octanol–water partition coefficient (Wildman–Crippen LogP) is 1.45. The molecule has 1 unspecified atom stereocenters. The summed E-state index contributed by atoms with van der Waals surface area (Å²) in [4.78, 5) is 11.5. The third-order valence-corrected chi connectivity index (χ3v) is 6.40. The number of piperidine rings is 1. The molecule has 4 aromatic rings. The second-order valence-corrected chi connectivity index (χ2v) is 10.2. The first-order valence-corrected chi connectivity index (χ1v) is 12.3. The van der Waals surface area contributed by atoms with E-state index in [1.807, 2.05) is 18.2 Å². The summed E-state index contributed by atoms with van der Waals surface area (Å²) in [7, 11) is -1.56. The maximum atomic E-state index is 11.6. The van der Waals surface area contributed by atoms with Gasteiger partial charge in [-0.1, -0.05) is 6.07 Å². The molecule has 0 radical (unpaired) electrons. The van der Waals surface area contributed by atoms with Crippen molar-refractivity contribution >= 4 is 38.0 Å². The second kappa shape index (κ2) is 7.62. The van der Waals surface area contributed by atoms with Crippen LogP contribution in [0, 0.1) is 0 Å². The first-order valence-electron chi connectivity index (χ1n) is 10.3. The lowest BCUT2D eigenvalue weighted by molar-refractivity contribution is 0.419. The Labute approximate surface area is 184 Å². The SMILES string of the molecule is COc1cccc2c1nc(N)n1nc(C3CCCN(c4cnn(CS(C)(=O)=O)c4)C3)nc21. The number of rotatable bonds is 5. The molecule has 1 atom stereocenters. The average molecular weight is 457 g/mol. The highest BCUT2D eigenvalue weighted by Crippen LogP contribution is 2.31. The van der Waals surface area contributed by atoms with Gasteiger partial charge in [-0.2, -0.15) is 9.61 Å². The van der Waals surface area contributed by atoms with Gasteiger partial charge in [-0.25, -0.2) is 18.4 Å². The monoisotopic (exact) mass is 456 g/mol. The Morgan fingerprint density at radius 1 is 1.28 bits per heavy atom. The fourth-order valence-electron chi connectivity index (χ4n) is 4.23. The molecular weight excluding hydrogens is 432 g/mol. The van der Waals surface area contributed by atoms with E-state index in [1.54, 1.807) is 24.0 Å². The zero-order valence-electron chi connectivity index (χ0n) is 17.8. The number of aromatic nitrogens is 6. The number of fused-ring (bicyclic) bond motifs is 3. The number of hydrogen-bond acceptors (Lipinski definition) is 9. The summed E-state index contributed by atoms with van der Waals surface area (Å²) in [5.41, 5.74) is 8.38. The molecule has 1 fully saturated rings. The van der Waals surface area contributed by atoms with E-state index in [2.05, 4.69) is 20.1 Å². The molecule has 32 heavy (non-hydrogen) atoms. The number of nitrogen functional groups attached to an aromatic ring is 1. The number of hydrogen-bond donors (Lipinski definition) is 1. The van der Waals surface area contributed by atoms with Crippen LogP contribution in [-0.4, -0.2) is 64.2 Å². The number of methoxy groups -OCH3 is 1. The molecule has 0 amide bonds. The number of anilines is 2. The van der Waals surface area contributed by atoms with Crippen molar-refractivity contribution in [2.24, 2.45) is 0 Å². The number of benzene rings is 1. The summed E-state index contributed by atoms with van der Waals surface area (Å²) in [6, 6.07) is 5.66. The van der Waals surface area contributed by atoms with Gasteiger partial charge in [0.2, 0.25) is 5.95 Å². The quantitative estimate of drug-likeness (QED) is 0.473.